The van der Waals surface area contributed by atoms with Gasteiger partial charge in [0.05, 0.1) is 0 Å². The number of rotatable bonds is 4. The van der Waals surface area contributed by atoms with Crippen LogP contribution in [-0.4, -0.2) is 30.3 Å². The molecule has 0 bridgehead atoms. The van der Waals surface area contributed by atoms with Crippen LogP contribution in [0.25, 0.3) is 0 Å². The molecule has 0 radical (unpaired) electrons. The maximum absolute atomic E-state index is 12.9. The highest BCUT2D eigenvalue weighted by Gasteiger charge is 2.43. The summed E-state index contributed by atoms with van der Waals surface area (Å²) in [6.07, 6.45) is -1.86. The van der Waals surface area contributed by atoms with E-state index in [0.717, 1.165) is 12.8 Å². The van der Waals surface area contributed by atoms with Gasteiger partial charge in [0.2, 0.25) is 5.91 Å². The first-order valence-electron chi connectivity index (χ1n) is 7.10. The molecule has 1 aliphatic heterocycles. The first-order valence-corrected chi connectivity index (χ1v) is 7.10. The Labute approximate surface area is 130 Å². The lowest BCUT2D eigenvalue weighted by atomic mass is 10.2. The fraction of sp³-hybridized carbons (Fsp3) is 0.429. The fourth-order valence-corrected chi connectivity index (χ4v) is 2.02. The molecule has 0 aromatic heterocycles. The zero-order valence-electron chi connectivity index (χ0n) is 12.2. The molecule has 3 N–H and O–H groups in total. The van der Waals surface area contributed by atoms with E-state index in [4.69, 9.17) is 0 Å². The minimum atomic E-state index is -3.69. The quantitative estimate of drug-likeness (QED) is 0.785. The van der Waals surface area contributed by atoms with Crippen LogP contribution in [0.3, 0.4) is 0 Å². The molecule has 1 aromatic rings. The zero-order chi connectivity index (χ0) is 16.6. The van der Waals surface area contributed by atoms with Crippen molar-refractivity contribution < 1.29 is 27.8 Å². The van der Waals surface area contributed by atoms with Gasteiger partial charge in [0.25, 0.3) is 0 Å². The average Bonchev–Trinajstić information content (AvgIpc) is 3.18. The van der Waals surface area contributed by atoms with Crippen molar-refractivity contribution in [3.8, 4) is 11.5 Å². The average molecular weight is 327 g/mol. The third-order valence-electron chi connectivity index (χ3n) is 3.33. The van der Waals surface area contributed by atoms with Gasteiger partial charge >= 0.3 is 12.3 Å². The van der Waals surface area contributed by atoms with Gasteiger partial charge in [-0.2, -0.15) is 0 Å². The van der Waals surface area contributed by atoms with Crippen LogP contribution in [0, 0.1) is 0 Å². The number of anilines is 1. The molecule has 3 amide bonds. The number of imide groups is 1. The Morgan fingerprint density at radius 2 is 1.96 bits per heavy atom. The second-order valence-corrected chi connectivity index (χ2v) is 5.43. The molecular formula is C14H15F2N3O4. The lowest BCUT2D eigenvalue weighted by Crippen LogP contribution is -2.46. The molecule has 3 rings (SSSR count). The number of amides is 3. The molecule has 1 fully saturated rings. The Balaban J connectivity index is 1.56. The van der Waals surface area contributed by atoms with E-state index in [-0.39, 0.29) is 17.5 Å². The number of fused-ring (bicyclic) bond motifs is 1. The third kappa shape index (κ3) is 3.79. The minimum Gasteiger partial charge on any atom is -0.395 e. The molecule has 0 unspecified atom stereocenters. The molecule has 23 heavy (non-hydrogen) atoms. The largest absolute Gasteiger partial charge is 0.586 e. The molecule has 124 valence electrons. The van der Waals surface area contributed by atoms with Crippen LogP contribution in [0.4, 0.5) is 19.3 Å². The number of hydrogen-bond donors (Lipinski definition) is 3. The van der Waals surface area contributed by atoms with Crippen molar-refractivity contribution in [2.24, 2.45) is 0 Å². The van der Waals surface area contributed by atoms with E-state index in [9.17, 15) is 18.4 Å². The highest BCUT2D eigenvalue weighted by Crippen LogP contribution is 2.42. The number of urea groups is 1. The zero-order valence-corrected chi connectivity index (χ0v) is 12.2. The highest BCUT2D eigenvalue weighted by atomic mass is 19.3. The van der Waals surface area contributed by atoms with Crippen molar-refractivity contribution in [2.45, 2.75) is 38.1 Å². The van der Waals surface area contributed by atoms with Crippen molar-refractivity contribution in [1.82, 2.24) is 10.6 Å². The topological polar surface area (TPSA) is 88.7 Å². The van der Waals surface area contributed by atoms with Crippen LogP contribution < -0.4 is 25.4 Å². The number of nitrogens with one attached hydrogen (secondary N) is 3. The van der Waals surface area contributed by atoms with Gasteiger partial charge in [0, 0.05) is 17.8 Å². The number of ether oxygens (including phenoxy) is 2. The lowest BCUT2D eigenvalue weighted by molar-refractivity contribution is -0.286. The summed E-state index contributed by atoms with van der Waals surface area (Å²) >= 11 is 0. The number of carbonyl (C=O) groups excluding carboxylic acids is 2. The molecular weight excluding hydrogens is 312 g/mol. The van der Waals surface area contributed by atoms with Crippen molar-refractivity contribution in [2.75, 3.05) is 5.32 Å². The van der Waals surface area contributed by atoms with E-state index in [0.29, 0.717) is 5.69 Å². The second kappa shape index (κ2) is 5.56. The Morgan fingerprint density at radius 3 is 2.65 bits per heavy atom. The molecule has 1 aliphatic carbocycles. The van der Waals surface area contributed by atoms with Gasteiger partial charge in [0.15, 0.2) is 11.5 Å². The predicted octanol–water partition coefficient (Wildman–Crippen LogP) is 1.80. The molecule has 1 aromatic carbocycles. The second-order valence-electron chi connectivity index (χ2n) is 5.43. The highest BCUT2D eigenvalue weighted by molar-refractivity contribution is 5.98. The van der Waals surface area contributed by atoms with Crippen LogP contribution >= 0.6 is 0 Å². The lowest BCUT2D eigenvalue weighted by Gasteiger charge is -2.15. The SMILES string of the molecule is C[C@@H](Nc1ccc2c(c1)OC(F)(F)O2)C(=O)NC(=O)NC1CC1. The standard InChI is InChI=1S/C14H15F2N3O4/c1-7(12(20)19-13(21)18-8-2-3-8)17-9-4-5-10-11(6-9)23-14(15,16)22-10/h4-8,17H,2-3H2,1H3,(H2,18,19,20,21)/t7-/m1/s1. The summed E-state index contributed by atoms with van der Waals surface area (Å²) in [5, 5.41) is 7.64. The molecule has 9 heteroatoms. The first-order chi connectivity index (χ1) is 10.8. The van der Waals surface area contributed by atoms with E-state index in [2.05, 4.69) is 25.4 Å². The molecule has 1 atom stereocenters. The predicted molar refractivity (Wildman–Crippen MR) is 75.4 cm³/mol. The number of carbonyl (C=O) groups is 2. The summed E-state index contributed by atoms with van der Waals surface area (Å²) in [7, 11) is 0. The van der Waals surface area contributed by atoms with E-state index >= 15 is 0 Å². The summed E-state index contributed by atoms with van der Waals surface area (Å²) in [6, 6.07) is 2.92. The van der Waals surface area contributed by atoms with Crippen LogP contribution in [0.2, 0.25) is 0 Å². The van der Waals surface area contributed by atoms with Gasteiger partial charge in [0.1, 0.15) is 6.04 Å². The van der Waals surface area contributed by atoms with Gasteiger partial charge < -0.3 is 20.1 Å². The molecule has 1 saturated carbocycles. The maximum Gasteiger partial charge on any atom is 0.586 e. The Hall–Kier alpha value is -2.58. The van der Waals surface area contributed by atoms with Crippen LogP contribution in [-0.2, 0) is 4.79 Å². The van der Waals surface area contributed by atoms with E-state index in [1.807, 2.05) is 0 Å². The van der Waals surface area contributed by atoms with Gasteiger partial charge in [-0.15, -0.1) is 8.78 Å². The number of hydrogen-bond acceptors (Lipinski definition) is 5. The Bertz CT molecular complexity index is 649. The van der Waals surface area contributed by atoms with E-state index in [1.54, 1.807) is 6.92 Å². The van der Waals surface area contributed by atoms with Crippen LogP contribution in [0.1, 0.15) is 19.8 Å². The molecule has 7 nitrogen and oxygen atoms in total. The van der Waals surface area contributed by atoms with Crippen LogP contribution in [0.15, 0.2) is 18.2 Å². The van der Waals surface area contributed by atoms with Gasteiger partial charge in [-0.3, -0.25) is 10.1 Å². The maximum atomic E-state index is 12.9. The Kier molecular flexibility index (Phi) is 3.70. The molecule has 0 saturated heterocycles. The fourth-order valence-electron chi connectivity index (χ4n) is 2.02. The van der Waals surface area contributed by atoms with Crippen LogP contribution in [0.5, 0.6) is 11.5 Å². The summed E-state index contributed by atoms with van der Waals surface area (Å²) in [4.78, 5) is 23.4. The summed E-state index contributed by atoms with van der Waals surface area (Å²) < 4.78 is 34.5. The summed E-state index contributed by atoms with van der Waals surface area (Å²) in [5.74, 6) is -0.744. The van der Waals surface area contributed by atoms with Crippen molar-refractivity contribution in [3.05, 3.63) is 18.2 Å². The number of alkyl halides is 2. The summed E-state index contributed by atoms with van der Waals surface area (Å²) in [5.41, 5.74) is 0.385. The van der Waals surface area contributed by atoms with Gasteiger partial charge in [-0.25, -0.2) is 4.79 Å². The molecule has 0 spiro atoms. The van der Waals surface area contributed by atoms with E-state index in [1.165, 1.54) is 18.2 Å². The monoisotopic (exact) mass is 327 g/mol. The normalized spacial score (nSPS) is 18.9. The van der Waals surface area contributed by atoms with E-state index < -0.39 is 24.3 Å². The minimum absolute atomic E-state index is 0.0820. The van der Waals surface area contributed by atoms with Crippen molar-refractivity contribution >= 4 is 17.6 Å². The third-order valence-corrected chi connectivity index (χ3v) is 3.33. The van der Waals surface area contributed by atoms with Crippen molar-refractivity contribution in [1.29, 1.82) is 0 Å². The number of benzene rings is 1. The smallest absolute Gasteiger partial charge is 0.395 e. The summed E-state index contributed by atoms with van der Waals surface area (Å²) in [6.45, 7) is 1.54. The van der Waals surface area contributed by atoms with Gasteiger partial charge in [-0.1, -0.05) is 0 Å². The molecule has 2 aliphatic rings. The number of halogens is 2. The van der Waals surface area contributed by atoms with Gasteiger partial charge in [-0.05, 0) is 31.9 Å². The first kappa shape index (κ1) is 15.3. The molecule has 1 heterocycles. The Morgan fingerprint density at radius 1 is 1.26 bits per heavy atom. The van der Waals surface area contributed by atoms with Crippen molar-refractivity contribution in [3.63, 3.8) is 0 Å².